The minimum Gasteiger partial charge on any atom is -0.383 e. The van der Waals surface area contributed by atoms with Crippen LogP contribution >= 0.6 is 11.8 Å². The second-order valence-corrected chi connectivity index (χ2v) is 10.6. The molecular weight excluding hydrogens is 478 g/mol. The van der Waals surface area contributed by atoms with E-state index >= 15 is 0 Å². The summed E-state index contributed by atoms with van der Waals surface area (Å²) in [6, 6.07) is 6.29. The number of carbonyl (C=O) groups is 1. The number of rotatable bonds is 10. The van der Waals surface area contributed by atoms with Crippen molar-refractivity contribution in [1.29, 1.82) is 0 Å². The van der Waals surface area contributed by atoms with E-state index in [0.29, 0.717) is 24.8 Å². The highest BCUT2D eigenvalue weighted by Crippen LogP contribution is 2.38. The van der Waals surface area contributed by atoms with Gasteiger partial charge in [-0.1, -0.05) is 17.8 Å². The highest BCUT2D eigenvalue weighted by molar-refractivity contribution is 8.14. The number of methoxy groups -OCH3 is 2. The van der Waals surface area contributed by atoms with Crippen LogP contribution in [0.1, 0.15) is 28.8 Å². The zero-order valence-corrected chi connectivity index (χ0v) is 22.1. The zero-order chi connectivity index (χ0) is 24.9. The Morgan fingerprint density at radius 2 is 2.03 bits per heavy atom. The Balaban J connectivity index is 1.33. The van der Waals surface area contributed by atoms with Crippen LogP contribution in [0.25, 0.3) is 0 Å². The second-order valence-electron chi connectivity index (χ2n) is 9.66. The Kier molecular flexibility index (Phi) is 8.48. The Morgan fingerprint density at radius 1 is 1.22 bits per heavy atom. The first-order valence-corrected chi connectivity index (χ1v) is 13.8. The van der Waals surface area contributed by atoms with Gasteiger partial charge in [0.25, 0.3) is 5.91 Å². The van der Waals surface area contributed by atoms with E-state index in [4.69, 9.17) is 19.2 Å². The SMILES string of the molecule is COCCNC(=O)c1cc(CN2CCOCC2)ccc1NC(=C1CC1)C1CSC(N2CC(OC)C2)=N1. The first-order chi connectivity index (χ1) is 17.6. The average molecular weight is 516 g/mol. The fraction of sp³-hybridized carbons (Fsp3) is 0.615. The van der Waals surface area contributed by atoms with Gasteiger partial charge in [-0.3, -0.25) is 14.7 Å². The molecule has 10 heteroatoms. The molecule has 1 unspecified atom stereocenters. The van der Waals surface area contributed by atoms with Gasteiger partial charge in [0.2, 0.25) is 0 Å². The van der Waals surface area contributed by atoms with Crippen LogP contribution in [0.5, 0.6) is 0 Å². The van der Waals surface area contributed by atoms with Crippen LogP contribution in [-0.2, 0) is 20.8 Å². The zero-order valence-electron chi connectivity index (χ0n) is 21.3. The predicted octanol–water partition coefficient (Wildman–Crippen LogP) is 2.16. The van der Waals surface area contributed by atoms with E-state index in [2.05, 4.69) is 32.6 Å². The third kappa shape index (κ3) is 6.23. The summed E-state index contributed by atoms with van der Waals surface area (Å²) in [5.41, 5.74) is 5.20. The maximum Gasteiger partial charge on any atom is 0.253 e. The standard InChI is InChI=1S/C26H37N5O4S/c1-33-10-7-27-25(32)21-13-18(14-30-8-11-35-12-9-30)3-6-22(21)28-24(19-4-5-19)23-17-36-26(29-23)31-15-20(16-31)34-2/h3,6,13,20,23,28H,4-5,7-12,14-17H2,1-2H3,(H,27,32). The van der Waals surface area contributed by atoms with Gasteiger partial charge in [-0.05, 0) is 36.1 Å². The molecule has 1 saturated carbocycles. The lowest BCUT2D eigenvalue weighted by Gasteiger charge is -2.39. The summed E-state index contributed by atoms with van der Waals surface area (Å²) in [6.45, 7) is 6.91. The third-order valence-electron chi connectivity index (χ3n) is 7.00. The normalized spacial score (nSPS) is 22.3. The highest BCUT2D eigenvalue weighted by atomic mass is 32.2. The second kappa shape index (κ2) is 12.0. The molecule has 4 aliphatic rings. The fourth-order valence-corrected chi connectivity index (χ4v) is 5.76. The van der Waals surface area contributed by atoms with Crippen molar-refractivity contribution in [3.63, 3.8) is 0 Å². The van der Waals surface area contributed by atoms with Crippen molar-refractivity contribution in [2.45, 2.75) is 31.5 Å². The lowest BCUT2D eigenvalue weighted by atomic mass is 10.1. The first kappa shape index (κ1) is 25.5. The maximum absolute atomic E-state index is 13.2. The summed E-state index contributed by atoms with van der Waals surface area (Å²) >= 11 is 1.81. The number of amides is 1. The van der Waals surface area contributed by atoms with Crippen LogP contribution in [0.4, 0.5) is 5.69 Å². The molecule has 0 radical (unpaired) electrons. The molecule has 1 atom stereocenters. The number of nitrogens with zero attached hydrogens (tertiary/aromatic N) is 3. The number of likely N-dealkylation sites (tertiary alicyclic amines) is 1. The van der Waals surface area contributed by atoms with Crippen molar-refractivity contribution in [3.8, 4) is 0 Å². The summed E-state index contributed by atoms with van der Waals surface area (Å²) in [6.07, 6.45) is 2.49. The molecule has 1 aromatic rings. The van der Waals surface area contributed by atoms with Crippen molar-refractivity contribution >= 4 is 28.5 Å². The van der Waals surface area contributed by atoms with Gasteiger partial charge in [-0.15, -0.1) is 0 Å². The smallest absolute Gasteiger partial charge is 0.253 e. The van der Waals surface area contributed by atoms with E-state index in [9.17, 15) is 4.79 Å². The Labute approximate surface area is 217 Å². The first-order valence-electron chi connectivity index (χ1n) is 12.8. The largest absolute Gasteiger partial charge is 0.383 e. The van der Waals surface area contributed by atoms with Crippen molar-refractivity contribution in [1.82, 2.24) is 15.1 Å². The molecule has 2 N–H and O–H groups in total. The van der Waals surface area contributed by atoms with Crippen LogP contribution in [0.3, 0.4) is 0 Å². The monoisotopic (exact) mass is 515 g/mol. The van der Waals surface area contributed by atoms with E-state index in [0.717, 1.165) is 86.6 Å². The molecule has 3 heterocycles. The predicted molar refractivity (Wildman–Crippen MR) is 143 cm³/mol. The number of morpholine rings is 1. The molecule has 5 rings (SSSR count). The molecule has 196 valence electrons. The number of ether oxygens (including phenoxy) is 3. The minimum atomic E-state index is -0.0882. The van der Waals surface area contributed by atoms with Gasteiger partial charge in [0.1, 0.15) is 6.04 Å². The van der Waals surface area contributed by atoms with E-state index < -0.39 is 0 Å². The van der Waals surface area contributed by atoms with Gasteiger partial charge in [0.05, 0.1) is 37.2 Å². The number of hydrogen-bond acceptors (Lipinski definition) is 9. The summed E-state index contributed by atoms with van der Waals surface area (Å²) in [4.78, 5) is 22.9. The number of hydrogen-bond donors (Lipinski definition) is 2. The molecular formula is C26H37N5O4S. The average Bonchev–Trinajstić information content (AvgIpc) is 3.60. The van der Waals surface area contributed by atoms with Crippen LogP contribution in [-0.4, -0.2) is 106 Å². The van der Waals surface area contributed by atoms with E-state index in [1.54, 1.807) is 14.2 Å². The molecule has 9 nitrogen and oxygen atoms in total. The van der Waals surface area contributed by atoms with Crippen molar-refractivity contribution in [2.24, 2.45) is 4.99 Å². The lowest BCUT2D eigenvalue weighted by molar-refractivity contribution is 0.00734. The number of aliphatic imine (C=N–C) groups is 1. The van der Waals surface area contributed by atoms with Crippen molar-refractivity contribution < 1.29 is 19.0 Å². The quantitative estimate of drug-likeness (QED) is 0.459. The summed E-state index contributed by atoms with van der Waals surface area (Å²) in [5.74, 6) is 0.828. The van der Waals surface area contributed by atoms with Gasteiger partial charge in [0, 0.05) is 64.9 Å². The van der Waals surface area contributed by atoms with Gasteiger partial charge in [-0.2, -0.15) is 0 Å². The number of amidine groups is 1. The Morgan fingerprint density at radius 3 is 2.75 bits per heavy atom. The third-order valence-corrected chi connectivity index (χ3v) is 8.11. The van der Waals surface area contributed by atoms with Gasteiger partial charge >= 0.3 is 0 Å². The van der Waals surface area contributed by atoms with Gasteiger partial charge < -0.3 is 29.7 Å². The van der Waals surface area contributed by atoms with Gasteiger partial charge in [-0.25, -0.2) is 0 Å². The topological polar surface area (TPSA) is 87.7 Å². The minimum absolute atomic E-state index is 0.0847. The van der Waals surface area contributed by atoms with Crippen LogP contribution in [0.15, 0.2) is 34.5 Å². The molecule has 3 fully saturated rings. The number of benzene rings is 1. The van der Waals surface area contributed by atoms with E-state index in [1.165, 1.54) is 5.57 Å². The molecule has 0 bridgehead atoms. The molecule has 1 aromatic carbocycles. The molecule has 0 spiro atoms. The number of nitrogens with one attached hydrogen (secondary N) is 2. The summed E-state index contributed by atoms with van der Waals surface area (Å²) < 4.78 is 16.0. The molecule has 1 aliphatic carbocycles. The lowest BCUT2D eigenvalue weighted by Crippen LogP contribution is -2.53. The molecule has 3 aliphatic heterocycles. The van der Waals surface area contributed by atoms with E-state index in [1.807, 2.05) is 17.8 Å². The molecule has 1 amide bonds. The van der Waals surface area contributed by atoms with Crippen LogP contribution in [0.2, 0.25) is 0 Å². The fourth-order valence-electron chi connectivity index (χ4n) is 4.68. The van der Waals surface area contributed by atoms with Crippen LogP contribution < -0.4 is 10.6 Å². The summed E-state index contributed by atoms with van der Waals surface area (Å²) in [7, 11) is 3.41. The van der Waals surface area contributed by atoms with E-state index in [-0.39, 0.29) is 11.9 Å². The molecule has 2 saturated heterocycles. The highest BCUT2D eigenvalue weighted by Gasteiger charge is 2.35. The number of anilines is 1. The molecule has 36 heavy (non-hydrogen) atoms. The Hall–Kier alpha value is -2.11. The number of thioether (sulfide) groups is 1. The molecule has 0 aromatic heterocycles. The van der Waals surface area contributed by atoms with Crippen molar-refractivity contribution in [3.05, 3.63) is 40.6 Å². The summed E-state index contributed by atoms with van der Waals surface area (Å²) in [5, 5.41) is 7.77. The van der Waals surface area contributed by atoms with Crippen molar-refractivity contribution in [2.75, 3.05) is 77.8 Å². The Bertz CT molecular complexity index is 998. The van der Waals surface area contributed by atoms with Gasteiger partial charge in [0.15, 0.2) is 5.17 Å². The number of allylic oxidation sites excluding steroid dienone is 1. The number of carbonyl (C=O) groups excluding carboxylic acids is 1. The maximum atomic E-state index is 13.2. The van der Waals surface area contributed by atoms with Crippen LogP contribution in [0, 0.1) is 0 Å².